The molecule has 9 nitrogen and oxygen atoms in total. The lowest BCUT2D eigenvalue weighted by Crippen LogP contribution is -2.48. The van der Waals surface area contributed by atoms with Gasteiger partial charge in [0.2, 0.25) is 5.95 Å². The van der Waals surface area contributed by atoms with E-state index in [0.717, 1.165) is 64.5 Å². The predicted molar refractivity (Wildman–Crippen MR) is 132 cm³/mol. The molecule has 10 heteroatoms. The zero-order valence-corrected chi connectivity index (χ0v) is 19.9. The van der Waals surface area contributed by atoms with Gasteiger partial charge < -0.3 is 35.4 Å². The van der Waals surface area contributed by atoms with Gasteiger partial charge >= 0.3 is 0 Å². The molecule has 0 radical (unpaired) electrons. The molecule has 1 aromatic heterocycles. The van der Waals surface area contributed by atoms with Gasteiger partial charge in [0.05, 0.1) is 6.61 Å². The molecule has 0 amide bonds. The van der Waals surface area contributed by atoms with Crippen molar-refractivity contribution < 1.29 is 9.13 Å². The van der Waals surface area contributed by atoms with Gasteiger partial charge in [0.25, 0.3) is 0 Å². The van der Waals surface area contributed by atoms with E-state index in [9.17, 15) is 0 Å². The van der Waals surface area contributed by atoms with Crippen LogP contribution in [0.25, 0.3) is 0 Å². The van der Waals surface area contributed by atoms with Gasteiger partial charge in [-0.15, -0.1) is 0 Å². The average molecular weight is 471 g/mol. The molecule has 3 N–H and O–H groups in total. The summed E-state index contributed by atoms with van der Waals surface area (Å²) in [5.74, 6) is 0.653. The molecule has 184 valence electrons. The Kier molecular flexibility index (Phi) is 7.10. The van der Waals surface area contributed by atoms with Gasteiger partial charge in [-0.1, -0.05) is 12.1 Å². The molecule has 3 aliphatic rings. The predicted octanol–water partition coefficient (Wildman–Crippen LogP) is 0.814. The van der Waals surface area contributed by atoms with Crippen LogP contribution >= 0.6 is 0 Å². The van der Waals surface area contributed by atoms with Crippen LogP contribution in [0.15, 0.2) is 24.3 Å². The molecular formula is C24H35FN8O. The Bertz CT molecular complexity index is 952. The molecule has 0 saturated carbocycles. The van der Waals surface area contributed by atoms with Crippen molar-refractivity contribution in [1.29, 1.82) is 0 Å². The summed E-state index contributed by atoms with van der Waals surface area (Å²) in [7, 11) is 2.09. The minimum Gasteiger partial charge on any atom is -0.369 e. The molecule has 1 atom stereocenters. The van der Waals surface area contributed by atoms with Gasteiger partial charge in [0.15, 0.2) is 11.6 Å². The number of nitrogens with zero attached hydrogens (tertiary/aromatic N) is 6. The van der Waals surface area contributed by atoms with Gasteiger partial charge in [-0.05, 0) is 24.7 Å². The van der Waals surface area contributed by atoms with Crippen molar-refractivity contribution in [2.45, 2.75) is 12.6 Å². The maximum Gasteiger partial charge on any atom is 0.227 e. The lowest BCUT2D eigenvalue weighted by atomic mass is 10.1. The fourth-order valence-electron chi connectivity index (χ4n) is 4.77. The van der Waals surface area contributed by atoms with Crippen molar-refractivity contribution >= 4 is 17.5 Å². The molecule has 3 fully saturated rings. The summed E-state index contributed by atoms with van der Waals surface area (Å²) in [5.41, 5.74) is 8.42. The van der Waals surface area contributed by atoms with Gasteiger partial charge in [-0.3, -0.25) is 0 Å². The highest BCUT2D eigenvalue weighted by atomic mass is 19.1. The van der Waals surface area contributed by atoms with E-state index >= 15 is 4.39 Å². The smallest absolute Gasteiger partial charge is 0.227 e. The minimum atomic E-state index is -0.399. The number of hydrogen-bond donors (Lipinski definition) is 2. The summed E-state index contributed by atoms with van der Waals surface area (Å²) in [4.78, 5) is 18.3. The number of likely N-dealkylation sites (N-methyl/N-ethyl adjacent to an activating group) is 1. The summed E-state index contributed by atoms with van der Waals surface area (Å²) < 4.78 is 21.6. The van der Waals surface area contributed by atoms with Gasteiger partial charge in [-0.2, -0.15) is 4.98 Å². The number of aromatic nitrogens is 2. The summed E-state index contributed by atoms with van der Waals surface area (Å²) in [6, 6.07) is 8.42. The molecule has 2 aromatic rings. The Morgan fingerprint density at radius 2 is 1.65 bits per heavy atom. The van der Waals surface area contributed by atoms with Crippen LogP contribution < -0.4 is 25.8 Å². The van der Waals surface area contributed by atoms with Crippen molar-refractivity contribution in [1.82, 2.24) is 20.2 Å². The summed E-state index contributed by atoms with van der Waals surface area (Å²) in [6.45, 7) is 8.95. The van der Waals surface area contributed by atoms with Crippen molar-refractivity contribution in [3.05, 3.63) is 41.3 Å². The molecule has 1 aromatic carbocycles. The largest absolute Gasteiger partial charge is 0.369 e. The highest BCUT2D eigenvalue weighted by Crippen LogP contribution is 2.30. The first-order chi connectivity index (χ1) is 16.6. The SMILES string of the molecule is CN1CCN(c2nc(N3CCN(c4ccc(CN)cc4)CC3)nc(C3CNCCO3)c2F)CC1. The zero-order valence-electron chi connectivity index (χ0n) is 19.9. The molecule has 5 rings (SSSR count). The van der Waals surface area contributed by atoms with E-state index in [4.69, 9.17) is 20.4 Å². The standard InChI is InChI=1S/C24H35FN8O/c1-30-7-9-32(10-8-30)23-21(25)22(20-17-27-6-15-34-20)28-24(29-23)33-13-11-31(12-14-33)19-4-2-18(16-26)3-5-19/h2-5,20,27H,6-17,26H2,1H3. The van der Waals surface area contributed by atoms with Gasteiger partial charge in [-0.25, -0.2) is 9.37 Å². The van der Waals surface area contributed by atoms with Crippen LogP contribution in [0.4, 0.5) is 21.8 Å². The van der Waals surface area contributed by atoms with E-state index in [1.54, 1.807) is 0 Å². The van der Waals surface area contributed by atoms with Crippen LogP contribution in [0.3, 0.4) is 0 Å². The second-order valence-electron chi connectivity index (χ2n) is 9.24. The Balaban J connectivity index is 1.37. The number of morpholine rings is 1. The molecular weight excluding hydrogens is 435 g/mol. The topological polar surface area (TPSA) is 86.0 Å². The lowest BCUT2D eigenvalue weighted by Gasteiger charge is -2.38. The Hall–Kier alpha value is -2.53. The van der Waals surface area contributed by atoms with Crippen molar-refractivity contribution in [2.75, 3.05) is 93.8 Å². The lowest BCUT2D eigenvalue weighted by molar-refractivity contribution is 0.0226. The maximum absolute atomic E-state index is 15.7. The molecule has 0 spiro atoms. The zero-order chi connectivity index (χ0) is 23.5. The third kappa shape index (κ3) is 4.95. The van der Waals surface area contributed by atoms with E-state index in [1.165, 1.54) is 5.69 Å². The molecule has 0 aliphatic carbocycles. The number of rotatable bonds is 5. The van der Waals surface area contributed by atoms with E-state index in [2.05, 4.69) is 56.2 Å². The fourth-order valence-corrected chi connectivity index (χ4v) is 4.77. The van der Waals surface area contributed by atoms with Crippen LogP contribution in [0.1, 0.15) is 17.4 Å². The molecule has 4 heterocycles. The maximum atomic E-state index is 15.7. The van der Waals surface area contributed by atoms with Crippen molar-refractivity contribution in [3.63, 3.8) is 0 Å². The Labute approximate surface area is 200 Å². The van der Waals surface area contributed by atoms with Crippen molar-refractivity contribution in [3.8, 4) is 0 Å². The second-order valence-corrected chi connectivity index (χ2v) is 9.24. The molecule has 1 unspecified atom stereocenters. The summed E-state index contributed by atoms with van der Waals surface area (Å²) >= 11 is 0. The number of hydrogen-bond acceptors (Lipinski definition) is 9. The Morgan fingerprint density at radius 1 is 0.971 bits per heavy atom. The second kappa shape index (κ2) is 10.4. The van der Waals surface area contributed by atoms with Crippen molar-refractivity contribution in [2.24, 2.45) is 5.73 Å². The fraction of sp³-hybridized carbons (Fsp3) is 0.583. The number of anilines is 3. The molecule has 3 aliphatic heterocycles. The van der Waals surface area contributed by atoms with E-state index < -0.39 is 6.10 Å². The number of nitrogens with one attached hydrogen (secondary N) is 1. The molecule has 0 bridgehead atoms. The van der Waals surface area contributed by atoms with E-state index in [1.807, 2.05) is 0 Å². The number of halogens is 1. The third-order valence-electron chi connectivity index (χ3n) is 6.98. The van der Waals surface area contributed by atoms with Crippen LogP contribution in [0.5, 0.6) is 0 Å². The first-order valence-corrected chi connectivity index (χ1v) is 12.2. The monoisotopic (exact) mass is 470 g/mol. The first kappa shape index (κ1) is 23.2. The third-order valence-corrected chi connectivity index (χ3v) is 6.98. The number of nitrogens with two attached hydrogens (primary N) is 1. The van der Waals surface area contributed by atoms with Crippen LogP contribution in [0, 0.1) is 5.82 Å². The normalized spacial score (nSPS) is 22.3. The Morgan fingerprint density at radius 3 is 2.29 bits per heavy atom. The van der Waals surface area contributed by atoms with Gasteiger partial charge in [0.1, 0.15) is 11.8 Å². The quantitative estimate of drug-likeness (QED) is 0.659. The summed E-state index contributed by atoms with van der Waals surface area (Å²) in [5, 5.41) is 3.30. The van der Waals surface area contributed by atoms with E-state index in [0.29, 0.717) is 37.2 Å². The van der Waals surface area contributed by atoms with Crippen LogP contribution in [-0.2, 0) is 11.3 Å². The molecule has 3 saturated heterocycles. The summed E-state index contributed by atoms with van der Waals surface area (Å²) in [6.07, 6.45) is -0.399. The highest BCUT2D eigenvalue weighted by Gasteiger charge is 2.30. The first-order valence-electron chi connectivity index (χ1n) is 12.2. The average Bonchev–Trinajstić information content (AvgIpc) is 2.90. The molecule has 34 heavy (non-hydrogen) atoms. The van der Waals surface area contributed by atoms with Crippen LogP contribution in [0.2, 0.25) is 0 Å². The number of ether oxygens (including phenoxy) is 1. The minimum absolute atomic E-state index is 0.347. The van der Waals surface area contributed by atoms with Crippen LogP contribution in [-0.4, -0.2) is 94.0 Å². The van der Waals surface area contributed by atoms with E-state index in [-0.39, 0.29) is 5.82 Å². The number of benzene rings is 1. The van der Waals surface area contributed by atoms with Gasteiger partial charge in [0, 0.05) is 77.7 Å². The highest BCUT2D eigenvalue weighted by molar-refractivity contribution is 5.52. The number of piperazine rings is 2.